The lowest BCUT2D eigenvalue weighted by Gasteiger charge is -2.09. The number of anilines is 2. The minimum atomic E-state index is -1.18. The van der Waals surface area contributed by atoms with E-state index in [2.05, 4.69) is 10.6 Å². The van der Waals surface area contributed by atoms with Gasteiger partial charge in [0.2, 0.25) is 11.8 Å². The molecule has 0 fully saturated rings. The first-order valence-electron chi connectivity index (χ1n) is 5.81. The van der Waals surface area contributed by atoms with E-state index in [-0.39, 0.29) is 11.8 Å². The van der Waals surface area contributed by atoms with Gasteiger partial charge >= 0.3 is 5.97 Å². The number of amides is 2. The summed E-state index contributed by atoms with van der Waals surface area (Å²) in [6.45, 7) is 3.58. The van der Waals surface area contributed by atoms with Crippen LogP contribution in [0.2, 0.25) is 0 Å². The van der Waals surface area contributed by atoms with E-state index in [9.17, 15) is 14.4 Å². The number of carbonyl (C=O) groups excluding carboxylic acids is 2. The van der Waals surface area contributed by atoms with E-state index in [0.717, 1.165) is 0 Å². The fourth-order valence-corrected chi connectivity index (χ4v) is 1.27. The number of aliphatic carboxylic acids is 1. The molecule has 102 valence electrons. The van der Waals surface area contributed by atoms with Crippen molar-refractivity contribution in [3.63, 3.8) is 0 Å². The van der Waals surface area contributed by atoms with Gasteiger partial charge in [0.1, 0.15) is 6.42 Å². The Hall–Kier alpha value is -2.37. The van der Waals surface area contributed by atoms with Crippen LogP contribution in [0, 0.1) is 5.92 Å². The molecule has 0 aliphatic carbocycles. The molecule has 0 unspecified atom stereocenters. The summed E-state index contributed by atoms with van der Waals surface area (Å²) < 4.78 is 0. The Morgan fingerprint density at radius 2 is 1.53 bits per heavy atom. The SMILES string of the molecule is CC(C)C(=O)Nc1ccc(NC(=O)CC(=O)O)cc1. The van der Waals surface area contributed by atoms with E-state index < -0.39 is 18.3 Å². The number of hydrogen-bond acceptors (Lipinski definition) is 3. The van der Waals surface area contributed by atoms with Crippen molar-refractivity contribution in [2.45, 2.75) is 20.3 Å². The zero-order valence-electron chi connectivity index (χ0n) is 10.8. The smallest absolute Gasteiger partial charge is 0.312 e. The van der Waals surface area contributed by atoms with Gasteiger partial charge in [0.15, 0.2) is 0 Å². The summed E-state index contributed by atoms with van der Waals surface area (Å²) in [4.78, 5) is 33.0. The van der Waals surface area contributed by atoms with E-state index in [1.807, 2.05) is 0 Å². The molecule has 1 rings (SSSR count). The van der Waals surface area contributed by atoms with Gasteiger partial charge < -0.3 is 15.7 Å². The Morgan fingerprint density at radius 1 is 1.05 bits per heavy atom. The molecule has 0 bridgehead atoms. The summed E-state index contributed by atoms with van der Waals surface area (Å²) in [6, 6.07) is 6.46. The third-order valence-electron chi connectivity index (χ3n) is 2.27. The largest absolute Gasteiger partial charge is 0.481 e. The molecule has 6 heteroatoms. The predicted octanol–water partition coefficient (Wildman–Crippen LogP) is 1.69. The molecule has 0 spiro atoms. The molecule has 1 aromatic rings. The zero-order chi connectivity index (χ0) is 14.4. The van der Waals surface area contributed by atoms with Gasteiger partial charge in [-0.3, -0.25) is 14.4 Å². The van der Waals surface area contributed by atoms with E-state index in [4.69, 9.17) is 5.11 Å². The standard InChI is InChI=1S/C13H16N2O4/c1-8(2)13(19)15-10-5-3-9(4-6-10)14-11(16)7-12(17)18/h3-6,8H,7H2,1-2H3,(H,14,16)(H,15,19)(H,17,18). The van der Waals surface area contributed by atoms with Crippen molar-refractivity contribution in [3.8, 4) is 0 Å². The summed E-state index contributed by atoms with van der Waals surface area (Å²) in [5.74, 6) is -1.98. The second kappa shape index (κ2) is 6.53. The van der Waals surface area contributed by atoms with Crippen LogP contribution in [0.15, 0.2) is 24.3 Å². The molecule has 0 saturated heterocycles. The number of benzene rings is 1. The fraction of sp³-hybridized carbons (Fsp3) is 0.308. The molecule has 1 aromatic carbocycles. The lowest BCUT2D eigenvalue weighted by molar-refractivity contribution is -0.139. The maximum Gasteiger partial charge on any atom is 0.312 e. The highest BCUT2D eigenvalue weighted by atomic mass is 16.4. The van der Waals surface area contributed by atoms with Gasteiger partial charge in [-0.25, -0.2) is 0 Å². The van der Waals surface area contributed by atoms with Crippen molar-refractivity contribution in [3.05, 3.63) is 24.3 Å². The molecular formula is C13H16N2O4. The Kier molecular flexibility index (Phi) is 5.05. The Bertz CT molecular complexity index is 480. The van der Waals surface area contributed by atoms with E-state index in [1.165, 1.54) is 0 Å². The molecule has 0 saturated carbocycles. The average molecular weight is 264 g/mol. The molecule has 3 N–H and O–H groups in total. The van der Waals surface area contributed by atoms with Crippen LogP contribution in [0.4, 0.5) is 11.4 Å². The monoisotopic (exact) mass is 264 g/mol. The number of carbonyl (C=O) groups is 3. The normalized spacial score (nSPS) is 10.1. The topological polar surface area (TPSA) is 95.5 Å². The van der Waals surface area contributed by atoms with Crippen molar-refractivity contribution in [1.29, 1.82) is 0 Å². The van der Waals surface area contributed by atoms with E-state index in [1.54, 1.807) is 38.1 Å². The maximum absolute atomic E-state index is 11.5. The van der Waals surface area contributed by atoms with Crippen LogP contribution in [0.3, 0.4) is 0 Å². The van der Waals surface area contributed by atoms with Crippen molar-refractivity contribution >= 4 is 29.2 Å². The Balaban J connectivity index is 2.59. The van der Waals surface area contributed by atoms with Gasteiger partial charge in [0.25, 0.3) is 0 Å². The van der Waals surface area contributed by atoms with Crippen molar-refractivity contribution < 1.29 is 19.5 Å². The lowest BCUT2D eigenvalue weighted by Crippen LogP contribution is -2.18. The number of rotatable bonds is 5. The predicted molar refractivity (Wildman–Crippen MR) is 70.8 cm³/mol. The van der Waals surface area contributed by atoms with Gasteiger partial charge in [-0.05, 0) is 24.3 Å². The summed E-state index contributed by atoms with van der Waals surface area (Å²) in [5.41, 5.74) is 1.10. The molecule has 19 heavy (non-hydrogen) atoms. The molecule has 0 heterocycles. The number of carboxylic acids is 1. The lowest BCUT2D eigenvalue weighted by atomic mass is 10.2. The summed E-state index contributed by atoms with van der Waals surface area (Å²) in [6.07, 6.45) is -0.578. The highest BCUT2D eigenvalue weighted by Crippen LogP contribution is 2.14. The molecule has 0 aromatic heterocycles. The van der Waals surface area contributed by atoms with Gasteiger partial charge in [-0.2, -0.15) is 0 Å². The van der Waals surface area contributed by atoms with Crippen LogP contribution in [0.1, 0.15) is 20.3 Å². The van der Waals surface area contributed by atoms with Gasteiger partial charge in [-0.15, -0.1) is 0 Å². The first-order chi connectivity index (χ1) is 8.88. The number of hydrogen-bond donors (Lipinski definition) is 3. The van der Waals surface area contributed by atoms with Crippen molar-refractivity contribution in [1.82, 2.24) is 0 Å². The van der Waals surface area contributed by atoms with Crippen LogP contribution < -0.4 is 10.6 Å². The van der Waals surface area contributed by atoms with E-state index >= 15 is 0 Å². The molecule has 2 amide bonds. The first-order valence-corrected chi connectivity index (χ1v) is 5.81. The number of carboxylic acid groups (broad SMARTS) is 1. The molecule has 0 atom stereocenters. The van der Waals surface area contributed by atoms with E-state index in [0.29, 0.717) is 11.4 Å². The highest BCUT2D eigenvalue weighted by Gasteiger charge is 2.09. The summed E-state index contributed by atoms with van der Waals surface area (Å²) in [5, 5.41) is 13.6. The van der Waals surface area contributed by atoms with Crippen LogP contribution in [0.5, 0.6) is 0 Å². The molecule has 0 radical (unpaired) electrons. The van der Waals surface area contributed by atoms with Gasteiger partial charge in [0.05, 0.1) is 0 Å². The van der Waals surface area contributed by atoms with Crippen molar-refractivity contribution in [2.75, 3.05) is 10.6 Å². The minimum Gasteiger partial charge on any atom is -0.481 e. The third kappa shape index (κ3) is 5.20. The van der Waals surface area contributed by atoms with Gasteiger partial charge in [0, 0.05) is 17.3 Å². The first kappa shape index (κ1) is 14.7. The quantitative estimate of drug-likeness (QED) is 0.705. The average Bonchev–Trinajstić information content (AvgIpc) is 2.30. The highest BCUT2D eigenvalue weighted by molar-refractivity contribution is 6.01. The third-order valence-corrected chi connectivity index (χ3v) is 2.27. The summed E-state index contributed by atoms with van der Waals surface area (Å²) in [7, 11) is 0. The van der Waals surface area contributed by atoms with Crippen LogP contribution in [-0.4, -0.2) is 22.9 Å². The molecule has 6 nitrogen and oxygen atoms in total. The Morgan fingerprint density at radius 3 is 1.95 bits per heavy atom. The fourth-order valence-electron chi connectivity index (χ4n) is 1.27. The summed E-state index contributed by atoms with van der Waals surface area (Å²) >= 11 is 0. The zero-order valence-corrected chi connectivity index (χ0v) is 10.8. The van der Waals surface area contributed by atoms with Crippen LogP contribution >= 0.6 is 0 Å². The maximum atomic E-state index is 11.5. The van der Waals surface area contributed by atoms with Gasteiger partial charge in [-0.1, -0.05) is 13.8 Å². The molecular weight excluding hydrogens is 248 g/mol. The molecule has 0 aliphatic rings. The van der Waals surface area contributed by atoms with Crippen LogP contribution in [0.25, 0.3) is 0 Å². The van der Waals surface area contributed by atoms with Crippen LogP contribution in [-0.2, 0) is 14.4 Å². The second-order valence-electron chi connectivity index (χ2n) is 4.34. The number of nitrogens with one attached hydrogen (secondary N) is 2. The Labute approximate surface area is 110 Å². The second-order valence-corrected chi connectivity index (χ2v) is 4.34. The molecule has 0 aliphatic heterocycles. The van der Waals surface area contributed by atoms with Crippen molar-refractivity contribution in [2.24, 2.45) is 5.92 Å². The minimum absolute atomic E-state index is 0.0948.